The Bertz CT molecular complexity index is 338. The SMILES string of the molecule is CCCC(C)NC(=O)CCCOc1ccccc1. The zero-order valence-electron chi connectivity index (χ0n) is 11.3. The molecule has 0 aliphatic carbocycles. The van der Waals surface area contributed by atoms with Crippen molar-refractivity contribution >= 4 is 5.91 Å². The summed E-state index contributed by atoms with van der Waals surface area (Å²) < 4.78 is 5.53. The molecule has 100 valence electrons. The minimum atomic E-state index is 0.118. The van der Waals surface area contributed by atoms with Gasteiger partial charge in [-0.15, -0.1) is 0 Å². The summed E-state index contributed by atoms with van der Waals surface area (Å²) in [5.74, 6) is 0.977. The van der Waals surface area contributed by atoms with Crippen LogP contribution in [0.5, 0.6) is 5.75 Å². The molecule has 1 amide bonds. The molecule has 18 heavy (non-hydrogen) atoms. The molecular formula is C15H23NO2. The van der Waals surface area contributed by atoms with E-state index in [1.54, 1.807) is 0 Å². The summed E-state index contributed by atoms with van der Waals surface area (Å²) in [5, 5.41) is 2.98. The molecular weight excluding hydrogens is 226 g/mol. The third-order valence-corrected chi connectivity index (χ3v) is 2.69. The second-order valence-corrected chi connectivity index (χ2v) is 4.52. The number of nitrogens with one attached hydrogen (secondary N) is 1. The van der Waals surface area contributed by atoms with E-state index in [1.165, 1.54) is 0 Å². The van der Waals surface area contributed by atoms with E-state index in [-0.39, 0.29) is 11.9 Å². The third kappa shape index (κ3) is 6.28. The van der Waals surface area contributed by atoms with Gasteiger partial charge in [-0.25, -0.2) is 0 Å². The number of ether oxygens (including phenoxy) is 1. The maximum atomic E-state index is 11.6. The van der Waals surface area contributed by atoms with E-state index >= 15 is 0 Å². The van der Waals surface area contributed by atoms with E-state index in [0.717, 1.165) is 25.0 Å². The fraction of sp³-hybridized carbons (Fsp3) is 0.533. The van der Waals surface area contributed by atoms with Crippen LogP contribution in [0.4, 0.5) is 0 Å². The highest BCUT2D eigenvalue weighted by molar-refractivity contribution is 5.76. The van der Waals surface area contributed by atoms with Crippen molar-refractivity contribution in [1.29, 1.82) is 0 Å². The molecule has 0 saturated carbocycles. The van der Waals surface area contributed by atoms with Gasteiger partial charge in [0.25, 0.3) is 0 Å². The van der Waals surface area contributed by atoms with Crippen LogP contribution in [0.25, 0.3) is 0 Å². The van der Waals surface area contributed by atoms with Gasteiger partial charge in [-0.2, -0.15) is 0 Å². The topological polar surface area (TPSA) is 38.3 Å². The van der Waals surface area contributed by atoms with Crippen molar-refractivity contribution in [3.8, 4) is 5.75 Å². The van der Waals surface area contributed by atoms with Crippen molar-refractivity contribution in [2.75, 3.05) is 6.61 Å². The van der Waals surface area contributed by atoms with E-state index in [2.05, 4.69) is 12.2 Å². The first kappa shape index (κ1) is 14.6. The number of hydrogen-bond acceptors (Lipinski definition) is 2. The summed E-state index contributed by atoms with van der Waals surface area (Å²) in [5.41, 5.74) is 0. The van der Waals surface area contributed by atoms with Crippen molar-refractivity contribution in [1.82, 2.24) is 5.32 Å². The van der Waals surface area contributed by atoms with Gasteiger partial charge in [-0.05, 0) is 31.9 Å². The first-order valence-electron chi connectivity index (χ1n) is 6.69. The molecule has 0 aromatic heterocycles. The molecule has 0 saturated heterocycles. The average Bonchev–Trinajstić information content (AvgIpc) is 2.36. The Morgan fingerprint density at radius 3 is 2.72 bits per heavy atom. The second-order valence-electron chi connectivity index (χ2n) is 4.52. The van der Waals surface area contributed by atoms with Gasteiger partial charge in [0.15, 0.2) is 0 Å². The smallest absolute Gasteiger partial charge is 0.220 e. The molecule has 0 fully saturated rings. The quantitative estimate of drug-likeness (QED) is 0.719. The van der Waals surface area contributed by atoms with Gasteiger partial charge in [0.1, 0.15) is 5.75 Å². The largest absolute Gasteiger partial charge is 0.494 e. The predicted octanol–water partition coefficient (Wildman–Crippen LogP) is 3.15. The molecule has 3 heteroatoms. The molecule has 1 N–H and O–H groups in total. The van der Waals surface area contributed by atoms with Crippen LogP contribution in [0.15, 0.2) is 30.3 Å². The summed E-state index contributed by atoms with van der Waals surface area (Å²) >= 11 is 0. The van der Waals surface area contributed by atoms with Gasteiger partial charge in [0.2, 0.25) is 5.91 Å². The third-order valence-electron chi connectivity index (χ3n) is 2.69. The van der Waals surface area contributed by atoms with E-state index in [9.17, 15) is 4.79 Å². The predicted molar refractivity (Wildman–Crippen MR) is 73.7 cm³/mol. The highest BCUT2D eigenvalue weighted by Gasteiger charge is 2.05. The molecule has 0 aliphatic rings. The zero-order valence-corrected chi connectivity index (χ0v) is 11.3. The van der Waals surface area contributed by atoms with E-state index in [0.29, 0.717) is 13.0 Å². The van der Waals surface area contributed by atoms with E-state index in [1.807, 2.05) is 37.3 Å². The van der Waals surface area contributed by atoms with Crippen molar-refractivity contribution in [2.45, 2.75) is 45.6 Å². The lowest BCUT2D eigenvalue weighted by molar-refractivity contribution is -0.121. The van der Waals surface area contributed by atoms with Gasteiger partial charge >= 0.3 is 0 Å². The molecule has 1 aromatic carbocycles. The summed E-state index contributed by atoms with van der Waals surface area (Å²) in [6.45, 7) is 4.75. The van der Waals surface area contributed by atoms with Crippen molar-refractivity contribution in [2.24, 2.45) is 0 Å². The zero-order chi connectivity index (χ0) is 13.2. The van der Waals surface area contributed by atoms with Crippen LogP contribution in [0.1, 0.15) is 39.5 Å². The fourth-order valence-electron chi connectivity index (χ4n) is 1.79. The number of benzene rings is 1. The second kappa shape index (κ2) is 8.56. The van der Waals surface area contributed by atoms with Crippen LogP contribution in [-0.4, -0.2) is 18.6 Å². The lowest BCUT2D eigenvalue weighted by Gasteiger charge is -2.12. The minimum Gasteiger partial charge on any atom is -0.494 e. The summed E-state index contributed by atoms with van der Waals surface area (Å²) in [6, 6.07) is 9.95. The average molecular weight is 249 g/mol. The first-order chi connectivity index (χ1) is 8.72. The van der Waals surface area contributed by atoms with Gasteiger partial charge in [-0.3, -0.25) is 4.79 Å². The van der Waals surface area contributed by atoms with Crippen LogP contribution >= 0.6 is 0 Å². The number of hydrogen-bond donors (Lipinski definition) is 1. The summed E-state index contributed by atoms with van der Waals surface area (Å²) in [4.78, 5) is 11.6. The Hall–Kier alpha value is -1.51. The van der Waals surface area contributed by atoms with Crippen LogP contribution < -0.4 is 10.1 Å². The van der Waals surface area contributed by atoms with Gasteiger partial charge in [0, 0.05) is 12.5 Å². The van der Waals surface area contributed by atoms with Crippen molar-refractivity contribution in [3.63, 3.8) is 0 Å². The number of carbonyl (C=O) groups is 1. The van der Waals surface area contributed by atoms with Crippen LogP contribution in [-0.2, 0) is 4.79 Å². The molecule has 1 unspecified atom stereocenters. The van der Waals surface area contributed by atoms with Crippen molar-refractivity contribution < 1.29 is 9.53 Å². The maximum Gasteiger partial charge on any atom is 0.220 e. The fourth-order valence-corrected chi connectivity index (χ4v) is 1.79. The molecule has 0 aliphatic heterocycles. The lowest BCUT2D eigenvalue weighted by Crippen LogP contribution is -2.32. The molecule has 0 radical (unpaired) electrons. The molecule has 3 nitrogen and oxygen atoms in total. The Morgan fingerprint density at radius 2 is 2.06 bits per heavy atom. The molecule has 0 heterocycles. The molecule has 1 rings (SSSR count). The monoisotopic (exact) mass is 249 g/mol. The highest BCUT2D eigenvalue weighted by atomic mass is 16.5. The van der Waals surface area contributed by atoms with Crippen LogP contribution in [0.3, 0.4) is 0 Å². The molecule has 0 spiro atoms. The van der Waals surface area contributed by atoms with Gasteiger partial charge in [0.05, 0.1) is 6.61 Å². The number of rotatable bonds is 8. The van der Waals surface area contributed by atoms with E-state index < -0.39 is 0 Å². The van der Waals surface area contributed by atoms with Gasteiger partial charge in [-0.1, -0.05) is 31.5 Å². The molecule has 0 bridgehead atoms. The Balaban J connectivity index is 2.09. The summed E-state index contributed by atoms with van der Waals surface area (Å²) in [6.07, 6.45) is 3.41. The van der Waals surface area contributed by atoms with E-state index in [4.69, 9.17) is 4.74 Å². The summed E-state index contributed by atoms with van der Waals surface area (Å²) in [7, 11) is 0. The van der Waals surface area contributed by atoms with Crippen LogP contribution in [0.2, 0.25) is 0 Å². The Morgan fingerprint density at radius 1 is 1.33 bits per heavy atom. The Kier molecular flexibility index (Phi) is 6.92. The standard InChI is InChI=1S/C15H23NO2/c1-3-8-13(2)16-15(17)11-7-12-18-14-9-5-4-6-10-14/h4-6,9-10,13H,3,7-8,11-12H2,1-2H3,(H,16,17). The van der Waals surface area contributed by atoms with Crippen molar-refractivity contribution in [3.05, 3.63) is 30.3 Å². The maximum absolute atomic E-state index is 11.6. The minimum absolute atomic E-state index is 0.118. The first-order valence-corrected chi connectivity index (χ1v) is 6.69. The van der Waals surface area contributed by atoms with Gasteiger partial charge < -0.3 is 10.1 Å². The Labute approximate surface area is 110 Å². The number of carbonyl (C=O) groups excluding carboxylic acids is 1. The molecule has 1 aromatic rings. The van der Waals surface area contributed by atoms with Crippen LogP contribution in [0, 0.1) is 0 Å². The number of para-hydroxylation sites is 1. The highest BCUT2D eigenvalue weighted by Crippen LogP contribution is 2.08. The lowest BCUT2D eigenvalue weighted by atomic mass is 10.2. The molecule has 1 atom stereocenters. The normalized spacial score (nSPS) is 11.9. The number of amides is 1.